The summed E-state index contributed by atoms with van der Waals surface area (Å²) in [4.78, 5) is 2.49. The summed E-state index contributed by atoms with van der Waals surface area (Å²) in [5.41, 5.74) is 10.2. The van der Waals surface area contributed by atoms with Gasteiger partial charge in [0.2, 0.25) is 0 Å². The molecule has 11 rings (SSSR count). The zero-order valence-electron chi connectivity index (χ0n) is 27.9. The maximum absolute atomic E-state index is 6.32. The van der Waals surface area contributed by atoms with Crippen LogP contribution in [-0.2, 0) is 0 Å². The highest BCUT2D eigenvalue weighted by Crippen LogP contribution is 2.51. The number of hydrogen-bond acceptors (Lipinski definition) is 4. The summed E-state index contributed by atoms with van der Waals surface area (Å²) in [6.45, 7) is 0. The van der Waals surface area contributed by atoms with E-state index in [9.17, 15) is 0 Å². The normalized spacial score (nSPS) is 11.8. The second-order valence-corrected chi connectivity index (χ2v) is 15.3. The molecular formula is C48H29NOS2. The molecule has 0 bridgehead atoms. The number of furan rings is 1. The Balaban J connectivity index is 1.23. The van der Waals surface area contributed by atoms with Crippen molar-refractivity contribution >= 4 is 102 Å². The predicted molar refractivity (Wildman–Crippen MR) is 225 cm³/mol. The van der Waals surface area contributed by atoms with Gasteiger partial charge in [-0.3, -0.25) is 0 Å². The standard InChI is InChI=1S/C48H29NOS2/c1-3-13-30(14-4-1)33-18-9-20-36-37-21-11-24-41(48(37)52-46(33)36)49(32-27-28-43-39(29-32)35-17-7-8-25-42(35)50-43)40-23-12-26-44-45(40)38-22-10-19-34(47(38)51-44)31-15-5-2-6-16-31/h1-29H. The highest BCUT2D eigenvalue weighted by molar-refractivity contribution is 7.27. The lowest BCUT2D eigenvalue weighted by Gasteiger charge is -2.27. The lowest BCUT2D eigenvalue weighted by molar-refractivity contribution is 0.669. The van der Waals surface area contributed by atoms with E-state index < -0.39 is 0 Å². The minimum atomic E-state index is 0.893. The number of rotatable bonds is 5. The zero-order valence-corrected chi connectivity index (χ0v) is 29.5. The van der Waals surface area contributed by atoms with Gasteiger partial charge in [0.1, 0.15) is 11.2 Å². The Morgan fingerprint density at radius 3 is 1.73 bits per heavy atom. The van der Waals surface area contributed by atoms with Crippen LogP contribution in [0.15, 0.2) is 180 Å². The monoisotopic (exact) mass is 699 g/mol. The first-order valence-electron chi connectivity index (χ1n) is 17.5. The van der Waals surface area contributed by atoms with Crippen molar-refractivity contribution in [1.82, 2.24) is 0 Å². The minimum absolute atomic E-state index is 0.893. The first-order chi connectivity index (χ1) is 25.8. The summed E-state index contributed by atoms with van der Waals surface area (Å²) in [6, 6.07) is 63.6. The topological polar surface area (TPSA) is 16.4 Å². The summed E-state index contributed by atoms with van der Waals surface area (Å²) in [5.74, 6) is 0. The van der Waals surface area contributed by atoms with Gasteiger partial charge < -0.3 is 9.32 Å². The maximum Gasteiger partial charge on any atom is 0.135 e. The van der Waals surface area contributed by atoms with Crippen molar-refractivity contribution < 1.29 is 4.42 Å². The molecule has 0 aliphatic heterocycles. The second kappa shape index (κ2) is 11.7. The molecule has 0 spiro atoms. The molecule has 0 saturated heterocycles. The molecule has 0 aliphatic carbocycles. The number of benzene rings is 8. The van der Waals surface area contributed by atoms with Crippen molar-refractivity contribution in [1.29, 1.82) is 0 Å². The Labute approximate surface area is 308 Å². The molecule has 4 heteroatoms. The lowest BCUT2D eigenvalue weighted by atomic mass is 10.0. The van der Waals surface area contributed by atoms with Crippen molar-refractivity contribution in [3.63, 3.8) is 0 Å². The fourth-order valence-corrected chi connectivity index (χ4v) is 10.5. The molecule has 8 aromatic carbocycles. The Bertz CT molecular complexity index is 3130. The molecule has 0 atom stereocenters. The molecule has 3 aromatic heterocycles. The van der Waals surface area contributed by atoms with E-state index in [0.29, 0.717) is 0 Å². The third-order valence-electron chi connectivity index (χ3n) is 10.3. The minimum Gasteiger partial charge on any atom is -0.456 e. The van der Waals surface area contributed by atoms with Crippen LogP contribution in [-0.4, -0.2) is 0 Å². The quantitative estimate of drug-likeness (QED) is 0.178. The Kier molecular flexibility index (Phi) is 6.63. The van der Waals surface area contributed by atoms with E-state index in [1.807, 2.05) is 28.7 Å². The fraction of sp³-hybridized carbons (Fsp3) is 0. The van der Waals surface area contributed by atoms with Gasteiger partial charge in [-0.25, -0.2) is 0 Å². The van der Waals surface area contributed by atoms with Crippen LogP contribution in [0.3, 0.4) is 0 Å². The summed E-state index contributed by atoms with van der Waals surface area (Å²) < 4.78 is 11.5. The van der Waals surface area contributed by atoms with Gasteiger partial charge in [-0.05, 0) is 64.7 Å². The zero-order chi connectivity index (χ0) is 34.2. The summed E-state index contributed by atoms with van der Waals surface area (Å²) in [7, 11) is 0. The van der Waals surface area contributed by atoms with Gasteiger partial charge in [0, 0.05) is 52.1 Å². The van der Waals surface area contributed by atoms with Crippen molar-refractivity contribution in [3.8, 4) is 22.3 Å². The highest BCUT2D eigenvalue weighted by Gasteiger charge is 2.24. The van der Waals surface area contributed by atoms with Gasteiger partial charge in [0.05, 0.1) is 16.1 Å². The molecule has 11 aromatic rings. The molecule has 0 fully saturated rings. The van der Waals surface area contributed by atoms with Crippen LogP contribution in [0.2, 0.25) is 0 Å². The second-order valence-electron chi connectivity index (χ2n) is 13.2. The SMILES string of the molecule is c1ccc(-c2cccc3c2sc2c(N(c4ccc5oc6ccccc6c5c4)c4cccc5sc6c(-c7ccccc7)cccc6c45)cccc23)cc1. The number of hydrogen-bond donors (Lipinski definition) is 0. The number of nitrogens with zero attached hydrogens (tertiary/aromatic N) is 1. The molecule has 2 nitrogen and oxygen atoms in total. The third-order valence-corrected chi connectivity index (χ3v) is 12.8. The van der Waals surface area contributed by atoms with Crippen LogP contribution in [0.25, 0.3) is 84.5 Å². The molecule has 3 heterocycles. The largest absolute Gasteiger partial charge is 0.456 e. The van der Waals surface area contributed by atoms with E-state index in [4.69, 9.17) is 4.42 Å². The van der Waals surface area contributed by atoms with Gasteiger partial charge in [-0.2, -0.15) is 0 Å². The van der Waals surface area contributed by atoms with Crippen LogP contribution in [0, 0.1) is 0 Å². The molecule has 0 amide bonds. The fourth-order valence-electron chi connectivity index (χ4n) is 7.95. The van der Waals surface area contributed by atoms with Gasteiger partial charge in [-0.1, -0.05) is 133 Å². The average Bonchev–Trinajstić information content (AvgIpc) is 3.90. The average molecular weight is 700 g/mol. The van der Waals surface area contributed by atoms with E-state index in [1.165, 1.54) is 62.6 Å². The first kappa shape index (κ1) is 29.5. The maximum atomic E-state index is 6.32. The Hall–Kier alpha value is -6.20. The summed E-state index contributed by atoms with van der Waals surface area (Å²) in [5, 5.41) is 7.32. The van der Waals surface area contributed by atoms with Crippen LogP contribution in [0.1, 0.15) is 0 Å². The highest BCUT2D eigenvalue weighted by atomic mass is 32.1. The molecule has 0 aliphatic rings. The van der Waals surface area contributed by atoms with E-state index in [-0.39, 0.29) is 0 Å². The molecule has 244 valence electrons. The van der Waals surface area contributed by atoms with Crippen LogP contribution < -0.4 is 4.90 Å². The predicted octanol–water partition coefficient (Wildman–Crippen LogP) is 15.1. The third kappa shape index (κ3) is 4.48. The van der Waals surface area contributed by atoms with Gasteiger partial charge >= 0.3 is 0 Å². The van der Waals surface area contributed by atoms with E-state index in [1.54, 1.807) is 0 Å². The van der Waals surface area contributed by atoms with Crippen LogP contribution in [0.4, 0.5) is 17.1 Å². The van der Waals surface area contributed by atoms with Gasteiger partial charge in [0.25, 0.3) is 0 Å². The number of thiophene rings is 2. The smallest absolute Gasteiger partial charge is 0.135 e. The van der Waals surface area contributed by atoms with Gasteiger partial charge in [-0.15, -0.1) is 22.7 Å². The van der Waals surface area contributed by atoms with Crippen molar-refractivity contribution in [3.05, 3.63) is 176 Å². The summed E-state index contributed by atoms with van der Waals surface area (Å²) >= 11 is 3.77. The van der Waals surface area contributed by atoms with Crippen LogP contribution in [0.5, 0.6) is 0 Å². The molecule has 0 N–H and O–H groups in total. The van der Waals surface area contributed by atoms with Crippen molar-refractivity contribution in [2.24, 2.45) is 0 Å². The van der Waals surface area contributed by atoms with E-state index in [2.05, 4.69) is 175 Å². The first-order valence-corrected chi connectivity index (χ1v) is 19.1. The van der Waals surface area contributed by atoms with E-state index >= 15 is 0 Å². The molecule has 52 heavy (non-hydrogen) atoms. The van der Waals surface area contributed by atoms with Gasteiger partial charge in [0.15, 0.2) is 0 Å². The van der Waals surface area contributed by atoms with E-state index in [0.717, 1.165) is 39.0 Å². The Morgan fingerprint density at radius 2 is 0.962 bits per heavy atom. The number of para-hydroxylation sites is 1. The van der Waals surface area contributed by atoms with Crippen molar-refractivity contribution in [2.45, 2.75) is 0 Å². The molecular weight excluding hydrogens is 671 g/mol. The van der Waals surface area contributed by atoms with Crippen molar-refractivity contribution in [2.75, 3.05) is 4.90 Å². The molecule has 0 unspecified atom stereocenters. The molecule has 0 saturated carbocycles. The van der Waals surface area contributed by atoms with Crippen LogP contribution >= 0.6 is 22.7 Å². The summed E-state index contributed by atoms with van der Waals surface area (Å²) in [6.07, 6.45) is 0. The molecule has 0 radical (unpaired) electrons. The number of fused-ring (bicyclic) bond motifs is 9. The lowest BCUT2D eigenvalue weighted by Crippen LogP contribution is -2.10. The number of anilines is 3. The Morgan fingerprint density at radius 1 is 0.385 bits per heavy atom.